The minimum atomic E-state index is 0.262. The molecule has 1 aliphatic carbocycles. The highest BCUT2D eigenvalue weighted by molar-refractivity contribution is 4.98. The zero-order valence-electron chi connectivity index (χ0n) is 7.72. The van der Waals surface area contributed by atoms with E-state index in [1.165, 1.54) is 38.5 Å². The van der Waals surface area contributed by atoms with Gasteiger partial charge < -0.3 is 10.5 Å². The summed E-state index contributed by atoms with van der Waals surface area (Å²) in [6.07, 6.45) is 7.62. The first-order valence-corrected chi connectivity index (χ1v) is 5.15. The first-order chi connectivity index (χ1) is 5.79. The van der Waals surface area contributed by atoms with E-state index in [1.54, 1.807) is 0 Å². The van der Waals surface area contributed by atoms with Crippen molar-refractivity contribution < 1.29 is 4.74 Å². The summed E-state index contributed by atoms with van der Waals surface area (Å²) in [5.74, 6) is 0.903. The fourth-order valence-corrected chi connectivity index (χ4v) is 1.94. The lowest BCUT2D eigenvalue weighted by atomic mass is 9.92. The molecular formula is C10H19NO. The van der Waals surface area contributed by atoms with Crippen LogP contribution in [0.3, 0.4) is 0 Å². The van der Waals surface area contributed by atoms with E-state index in [2.05, 4.69) is 0 Å². The lowest BCUT2D eigenvalue weighted by Gasteiger charge is -2.23. The molecule has 0 aromatic carbocycles. The third kappa shape index (κ3) is 2.20. The summed E-state index contributed by atoms with van der Waals surface area (Å²) in [6, 6.07) is 0. The summed E-state index contributed by atoms with van der Waals surface area (Å²) >= 11 is 0. The van der Waals surface area contributed by atoms with Gasteiger partial charge in [-0.25, -0.2) is 0 Å². The Kier molecular flexibility index (Phi) is 2.37. The SMILES string of the molecule is NC1(CCC2CCOCC2)CC1. The van der Waals surface area contributed by atoms with E-state index >= 15 is 0 Å². The van der Waals surface area contributed by atoms with E-state index in [9.17, 15) is 0 Å². The average molecular weight is 169 g/mol. The molecule has 1 saturated carbocycles. The van der Waals surface area contributed by atoms with Gasteiger partial charge in [0.15, 0.2) is 0 Å². The zero-order valence-corrected chi connectivity index (χ0v) is 7.72. The second-order valence-corrected chi connectivity index (χ2v) is 4.46. The van der Waals surface area contributed by atoms with Crippen LogP contribution < -0.4 is 5.73 Å². The molecule has 0 aromatic rings. The van der Waals surface area contributed by atoms with Crippen molar-refractivity contribution in [3.05, 3.63) is 0 Å². The number of hydrogen-bond acceptors (Lipinski definition) is 2. The third-order valence-electron chi connectivity index (χ3n) is 3.28. The van der Waals surface area contributed by atoms with Gasteiger partial charge in [0, 0.05) is 18.8 Å². The molecule has 12 heavy (non-hydrogen) atoms. The molecular weight excluding hydrogens is 150 g/mol. The summed E-state index contributed by atoms with van der Waals surface area (Å²) < 4.78 is 5.32. The molecule has 2 heteroatoms. The van der Waals surface area contributed by atoms with E-state index in [-0.39, 0.29) is 5.54 Å². The number of rotatable bonds is 3. The van der Waals surface area contributed by atoms with Crippen LogP contribution in [0.1, 0.15) is 38.5 Å². The minimum absolute atomic E-state index is 0.262. The molecule has 0 spiro atoms. The monoisotopic (exact) mass is 169 g/mol. The Balaban J connectivity index is 1.65. The molecule has 0 radical (unpaired) electrons. The second-order valence-electron chi connectivity index (χ2n) is 4.46. The van der Waals surface area contributed by atoms with Crippen molar-refractivity contribution in [2.24, 2.45) is 11.7 Å². The fourth-order valence-electron chi connectivity index (χ4n) is 1.94. The zero-order chi connectivity index (χ0) is 8.44. The number of nitrogens with two attached hydrogens (primary N) is 1. The van der Waals surface area contributed by atoms with Gasteiger partial charge in [-0.15, -0.1) is 0 Å². The summed E-state index contributed by atoms with van der Waals surface area (Å²) in [4.78, 5) is 0. The van der Waals surface area contributed by atoms with Gasteiger partial charge in [-0.1, -0.05) is 0 Å². The average Bonchev–Trinajstić information content (AvgIpc) is 2.84. The normalized spacial score (nSPS) is 28.8. The maximum absolute atomic E-state index is 6.03. The molecule has 0 amide bonds. The van der Waals surface area contributed by atoms with Gasteiger partial charge in [0.2, 0.25) is 0 Å². The topological polar surface area (TPSA) is 35.2 Å². The van der Waals surface area contributed by atoms with E-state index in [4.69, 9.17) is 10.5 Å². The van der Waals surface area contributed by atoms with Gasteiger partial charge in [-0.2, -0.15) is 0 Å². The van der Waals surface area contributed by atoms with Crippen LogP contribution in [0.15, 0.2) is 0 Å². The molecule has 0 aromatic heterocycles. The summed E-state index contributed by atoms with van der Waals surface area (Å²) in [5.41, 5.74) is 6.29. The van der Waals surface area contributed by atoms with E-state index < -0.39 is 0 Å². The summed E-state index contributed by atoms with van der Waals surface area (Å²) in [5, 5.41) is 0. The lowest BCUT2D eigenvalue weighted by molar-refractivity contribution is 0.0625. The Morgan fingerprint density at radius 2 is 1.92 bits per heavy atom. The molecule has 1 saturated heterocycles. The van der Waals surface area contributed by atoms with Crippen LogP contribution in [-0.2, 0) is 4.74 Å². The van der Waals surface area contributed by atoms with Gasteiger partial charge in [-0.05, 0) is 44.4 Å². The molecule has 2 rings (SSSR count). The maximum atomic E-state index is 6.03. The van der Waals surface area contributed by atoms with Crippen molar-refractivity contribution in [1.29, 1.82) is 0 Å². The lowest BCUT2D eigenvalue weighted by Crippen LogP contribution is -2.24. The van der Waals surface area contributed by atoms with Crippen molar-refractivity contribution in [2.75, 3.05) is 13.2 Å². The predicted molar refractivity (Wildman–Crippen MR) is 48.9 cm³/mol. The highest BCUT2D eigenvalue weighted by atomic mass is 16.5. The fraction of sp³-hybridized carbons (Fsp3) is 1.00. The molecule has 1 aliphatic heterocycles. The first-order valence-electron chi connectivity index (χ1n) is 5.15. The second kappa shape index (κ2) is 3.35. The number of ether oxygens (including phenoxy) is 1. The maximum Gasteiger partial charge on any atom is 0.0468 e. The molecule has 1 heterocycles. The first kappa shape index (κ1) is 8.52. The Hall–Kier alpha value is -0.0800. The molecule has 2 nitrogen and oxygen atoms in total. The highest BCUT2D eigenvalue weighted by Gasteiger charge is 2.37. The Morgan fingerprint density at radius 1 is 1.25 bits per heavy atom. The molecule has 2 N–H and O–H groups in total. The molecule has 2 fully saturated rings. The quantitative estimate of drug-likeness (QED) is 0.697. The van der Waals surface area contributed by atoms with Crippen LogP contribution in [0.5, 0.6) is 0 Å². The molecule has 70 valence electrons. The van der Waals surface area contributed by atoms with E-state index in [0.29, 0.717) is 0 Å². The van der Waals surface area contributed by atoms with Crippen molar-refractivity contribution in [1.82, 2.24) is 0 Å². The molecule has 0 atom stereocenters. The van der Waals surface area contributed by atoms with Crippen molar-refractivity contribution in [3.63, 3.8) is 0 Å². The van der Waals surface area contributed by atoms with Crippen LogP contribution in [-0.4, -0.2) is 18.8 Å². The largest absolute Gasteiger partial charge is 0.381 e. The van der Waals surface area contributed by atoms with Crippen LogP contribution in [0, 0.1) is 5.92 Å². The Labute approximate surface area is 74.5 Å². The van der Waals surface area contributed by atoms with Crippen LogP contribution in [0.2, 0.25) is 0 Å². The Morgan fingerprint density at radius 3 is 2.50 bits per heavy atom. The van der Waals surface area contributed by atoms with Gasteiger partial charge in [0.1, 0.15) is 0 Å². The van der Waals surface area contributed by atoms with Crippen molar-refractivity contribution in [3.8, 4) is 0 Å². The van der Waals surface area contributed by atoms with Gasteiger partial charge in [-0.3, -0.25) is 0 Å². The van der Waals surface area contributed by atoms with Crippen LogP contribution in [0.4, 0.5) is 0 Å². The predicted octanol–water partition coefficient (Wildman–Crippen LogP) is 1.68. The smallest absolute Gasteiger partial charge is 0.0468 e. The third-order valence-corrected chi connectivity index (χ3v) is 3.28. The van der Waals surface area contributed by atoms with E-state index in [0.717, 1.165) is 19.1 Å². The van der Waals surface area contributed by atoms with Crippen LogP contribution >= 0.6 is 0 Å². The van der Waals surface area contributed by atoms with Gasteiger partial charge in [0.25, 0.3) is 0 Å². The minimum Gasteiger partial charge on any atom is -0.381 e. The van der Waals surface area contributed by atoms with Crippen molar-refractivity contribution >= 4 is 0 Å². The highest BCUT2D eigenvalue weighted by Crippen LogP contribution is 2.38. The molecule has 2 aliphatic rings. The Bertz CT molecular complexity index is 148. The van der Waals surface area contributed by atoms with Gasteiger partial charge in [0.05, 0.1) is 0 Å². The van der Waals surface area contributed by atoms with Crippen LogP contribution in [0.25, 0.3) is 0 Å². The number of hydrogen-bond donors (Lipinski definition) is 1. The molecule has 0 unspecified atom stereocenters. The van der Waals surface area contributed by atoms with E-state index in [1.807, 2.05) is 0 Å². The summed E-state index contributed by atoms with van der Waals surface area (Å²) in [6.45, 7) is 1.95. The van der Waals surface area contributed by atoms with Gasteiger partial charge >= 0.3 is 0 Å². The standard InChI is InChI=1S/C10H19NO/c11-10(5-6-10)4-1-9-2-7-12-8-3-9/h9H,1-8,11H2. The molecule has 0 bridgehead atoms. The summed E-state index contributed by atoms with van der Waals surface area (Å²) in [7, 11) is 0. The van der Waals surface area contributed by atoms with Crippen molar-refractivity contribution in [2.45, 2.75) is 44.1 Å².